The molecule has 0 saturated heterocycles. The molecule has 1 heterocycles. The lowest BCUT2D eigenvalue weighted by Crippen LogP contribution is -2.07. The first kappa shape index (κ1) is 12.7. The Bertz CT molecular complexity index is 527. The van der Waals surface area contributed by atoms with Crippen molar-refractivity contribution in [2.75, 3.05) is 0 Å². The Morgan fingerprint density at radius 2 is 2.12 bits per heavy atom. The summed E-state index contributed by atoms with van der Waals surface area (Å²) in [5.74, 6) is 0.761. The van der Waals surface area contributed by atoms with Gasteiger partial charge in [-0.15, -0.1) is 0 Å². The second kappa shape index (κ2) is 5.29. The summed E-state index contributed by atoms with van der Waals surface area (Å²) in [6, 6.07) is 5.68. The fraction of sp³-hybridized carbons (Fsp3) is 0.273. The number of halogens is 2. The van der Waals surface area contributed by atoms with E-state index < -0.39 is 6.10 Å². The maximum atomic E-state index is 10.1. The number of hydrogen-bond acceptors (Lipinski definition) is 3. The van der Waals surface area contributed by atoms with Crippen LogP contribution in [0, 0.1) is 0 Å². The van der Waals surface area contributed by atoms with Crippen LogP contribution in [0.25, 0.3) is 0 Å². The largest absolute Gasteiger partial charge is 0.388 e. The number of aryl methyl sites for hydroxylation is 1. The lowest BCUT2D eigenvalue weighted by molar-refractivity contribution is 0.174. The summed E-state index contributed by atoms with van der Waals surface area (Å²) < 4.78 is 3.55. The fourth-order valence-electron chi connectivity index (χ4n) is 1.52. The molecular weight excluding hydrogens is 350 g/mol. The summed E-state index contributed by atoms with van der Waals surface area (Å²) >= 11 is 6.81. The van der Waals surface area contributed by atoms with Crippen molar-refractivity contribution in [2.45, 2.75) is 12.5 Å². The van der Waals surface area contributed by atoms with Crippen LogP contribution in [-0.2, 0) is 13.5 Å². The zero-order valence-electron chi connectivity index (χ0n) is 9.14. The lowest BCUT2D eigenvalue weighted by Gasteiger charge is -2.11. The summed E-state index contributed by atoms with van der Waals surface area (Å²) in [6.07, 6.45) is 1.35. The van der Waals surface area contributed by atoms with Gasteiger partial charge in [0.05, 0.1) is 6.10 Å². The molecule has 17 heavy (non-hydrogen) atoms. The van der Waals surface area contributed by atoms with Gasteiger partial charge in [-0.25, -0.2) is 4.98 Å². The van der Waals surface area contributed by atoms with Gasteiger partial charge in [-0.3, -0.25) is 4.68 Å². The van der Waals surface area contributed by atoms with E-state index >= 15 is 0 Å². The molecule has 0 bridgehead atoms. The summed E-state index contributed by atoms with van der Waals surface area (Å²) in [5, 5.41) is 14.1. The standard InChI is InChI=1S/C11H11Br2N3O/c1-16-11(14-6-15-16)5-10(17)7-2-3-8(12)9(13)4-7/h2-4,6,10,17H,5H2,1H3. The fourth-order valence-corrected chi connectivity index (χ4v) is 2.16. The van der Waals surface area contributed by atoms with Crippen molar-refractivity contribution >= 4 is 31.9 Å². The molecule has 0 radical (unpaired) electrons. The molecule has 0 saturated carbocycles. The molecule has 1 atom stereocenters. The maximum Gasteiger partial charge on any atom is 0.138 e. The molecule has 0 spiro atoms. The van der Waals surface area contributed by atoms with E-state index in [1.807, 2.05) is 25.2 Å². The average molecular weight is 361 g/mol. The van der Waals surface area contributed by atoms with Crippen molar-refractivity contribution in [3.8, 4) is 0 Å². The molecule has 2 rings (SSSR count). The molecular formula is C11H11Br2N3O. The predicted molar refractivity (Wildman–Crippen MR) is 71.5 cm³/mol. The summed E-state index contributed by atoms with van der Waals surface area (Å²) in [5.41, 5.74) is 0.850. The molecule has 0 fully saturated rings. The van der Waals surface area contributed by atoms with Crippen LogP contribution in [0.3, 0.4) is 0 Å². The Labute approximate surface area is 116 Å². The highest BCUT2D eigenvalue weighted by Crippen LogP contribution is 2.27. The zero-order valence-corrected chi connectivity index (χ0v) is 12.3. The molecule has 2 aromatic rings. The monoisotopic (exact) mass is 359 g/mol. The van der Waals surface area contributed by atoms with Crippen LogP contribution in [0.15, 0.2) is 33.5 Å². The second-order valence-electron chi connectivity index (χ2n) is 3.69. The first-order valence-corrected chi connectivity index (χ1v) is 6.62. The molecule has 1 aromatic heterocycles. The number of benzene rings is 1. The average Bonchev–Trinajstić information content (AvgIpc) is 2.68. The molecule has 0 aliphatic heterocycles. The van der Waals surface area contributed by atoms with Gasteiger partial charge < -0.3 is 5.11 Å². The number of nitrogens with zero attached hydrogens (tertiary/aromatic N) is 3. The highest BCUT2D eigenvalue weighted by molar-refractivity contribution is 9.13. The normalized spacial score (nSPS) is 12.7. The van der Waals surface area contributed by atoms with Gasteiger partial charge >= 0.3 is 0 Å². The Balaban J connectivity index is 2.17. The maximum absolute atomic E-state index is 10.1. The minimum absolute atomic E-state index is 0.449. The van der Waals surface area contributed by atoms with Gasteiger partial charge in [-0.1, -0.05) is 6.07 Å². The number of aliphatic hydroxyl groups excluding tert-OH is 1. The van der Waals surface area contributed by atoms with E-state index in [0.717, 1.165) is 20.3 Å². The molecule has 0 amide bonds. The van der Waals surface area contributed by atoms with Crippen molar-refractivity contribution in [2.24, 2.45) is 7.05 Å². The second-order valence-corrected chi connectivity index (χ2v) is 5.40. The summed E-state index contributed by atoms with van der Waals surface area (Å²) in [4.78, 5) is 4.09. The smallest absolute Gasteiger partial charge is 0.138 e. The number of hydrogen-bond donors (Lipinski definition) is 1. The van der Waals surface area contributed by atoms with Gasteiger partial charge in [-0.05, 0) is 49.6 Å². The third kappa shape index (κ3) is 2.94. The number of rotatable bonds is 3. The van der Waals surface area contributed by atoms with Crippen LogP contribution < -0.4 is 0 Å². The van der Waals surface area contributed by atoms with Crippen LogP contribution in [0.4, 0.5) is 0 Å². The first-order valence-electron chi connectivity index (χ1n) is 5.04. The molecule has 1 unspecified atom stereocenters. The Hall–Kier alpha value is -0.720. The third-order valence-electron chi connectivity index (χ3n) is 2.51. The van der Waals surface area contributed by atoms with Gasteiger partial charge in [0.15, 0.2) is 0 Å². The van der Waals surface area contributed by atoms with E-state index in [4.69, 9.17) is 0 Å². The van der Waals surface area contributed by atoms with Gasteiger partial charge in [-0.2, -0.15) is 5.10 Å². The molecule has 0 aliphatic rings. The van der Waals surface area contributed by atoms with Crippen LogP contribution in [0.2, 0.25) is 0 Å². The van der Waals surface area contributed by atoms with E-state index in [2.05, 4.69) is 41.9 Å². The minimum Gasteiger partial charge on any atom is -0.388 e. The van der Waals surface area contributed by atoms with E-state index in [9.17, 15) is 5.11 Å². The van der Waals surface area contributed by atoms with Crippen molar-refractivity contribution in [1.29, 1.82) is 0 Å². The predicted octanol–water partition coefficient (Wildman–Crippen LogP) is 2.62. The summed E-state index contributed by atoms with van der Waals surface area (Å²) in [7, 11) is 1.81. The Morgan fingerprint density at radius 1 is 1.35 bits per heavy atom. The lowest BCUT2D eigenvalue weighted by atomic mass is 10.1. The van der Waals surface area contributed by atoms with Crippen LogP contribution in [-0.4, -0.2) is 19.9 Å². The molecule has 1 aromatic carbocycles. The van der Waals surface area contributed by atoms with Gasteiger partial charge in [0, 0.05) is 22.4 Å². The highest BCUT2D eigenvalue weighted by Gasteiger charge is 2.13. The highest BCUT2D eigenvalue weighted by atomic mass is 79.9. The quantitative estimate of drug-likeness (QED) is 0.915. The van der Waals surface area contributed by atoms with E-state index in [0.29, 0.717) is 6.42 Å². The van der Waals surface area contributed by atoms with Gasteiger partial charge in [0.2, 0.25) is 0 Å². The Kier molecular flexibility index (Phi) is 3.96. The zero-order chi connectivity index (χ0) is 12.4. The molecule has 90 valence electrons. The van der Waals surface area contributed by atoms with Crippen molar-refractivity contribution in [3.63, 3.8) is 0 Å². The molecule has 1 N–H and O–H groups in total. The Morgan fingerprint density at radius 3 is 2.71 bits per heavy atom. The van der Waals surface area contributed by atoms with E-state index in [1.165, 1.54) is 6.33 Å². The molecule has 0 aliphatic carbocycles. The van der Waals surface area contributed by atoms with Gasteiger partial charge in [0.25, 0.3) is 0 Å². The van der Waals surface area contributed by atoms with Crippen LogP contribution >= 0.6 is 31.9 Å². The van der Waals surface area contributed by atoms with Crippen molar-refractivity contribution in [3.05, 3.63) is 44.9 Å². The van der Waals surface area contributed by atoms with Crippen LogP contribution in [0.5, 0.6) is 0 Å². The molecule has 4 nitrogen and oxygen atoms in total. The van der Waals surface area contributed by atoms with Crippen molar-refractivity contribution < 1.29 is 5.11 Å². The first-order chi connectivity index (χ1) is 8.08. The summed E-state index contributed by atoms with van der Waals surface area (Å²) in [6.45, 7) is 0. The van der Waals surface area contributed by atoms with Gasteiger partial charge in [0.1, 0.15) is 12.2 Å². The SMILES string of the molecule is Cn1ncnc1CC(O)c1ccc(Br)c(Br)c1. The third-order valence-corrected chi connectivity index (χ3v) is 4.39. The van der Waals surface area contributed by atoms with Crippen LogP contribution in [0.1, 0.15) is 17.5 Å². The topological polar surface area (TPSA) is 50.9 Å². The van der Waals surface area contributed by atoms with E-state index in [-0.39, 0.29) is 0 Å². The number of aliphatic hydroxyl groups is 1. The van der Waals surface area contributed by atoms with E-state index in [1.54, 1.807) is 4.68 Å². The van der Waals surface area contributed by atoms with Crippen molar-refractivity contribution in [1.82, 2.24) is 14.8 Å². The molecule has 6 heteroatoms. The number of aromatic nitrogens is 3. The minimum atomic E-state index is -0.581.